The fraction of sp³-hybridized carbons (Fsp3) is 0.414. The van der Waals surface area contributed by atoms with E-state index in [2.05, 4.69) is 10.3 Å². The lowest BCUT2D eigenvalue weighted by atomic mass is 9.78. The van der Waals surface area contributed by atoms with Gasteiger partial charge in [0.2, 0.25) is 11.8 Å². The monoisotopic (exact) mass is 556 g/mol. The molecule has 0 bridgehead atoms. The van der Waals surface area contributed by atoms with E-state index in [0.717, 1.165) is 5.56 Å². The van der Waals surface area contributed by atoms with E-state index in [-0.39, 0.29) is 47.7 Å². The van der Waals surface area contributed by atoms with E-state index in [1.165, 1.54) is 6.07 Å². The topological polar surface area (TPSA) is 129 Å². The van der Waals surface area contributed by atoms with Gasteiger partial charge < -0.3 is 26.0 Å². The minimum atomic E-state index is -1.06. The summed E-state index contributed by atoms with van der Waals surface area (Å²) in [5, 5.41) is 12.9. The Balaban J connectivity index is 0.00000353. The van der Waals surface area contributed by atoms with E-state index in [4.69, 9.17) is 5.73 Å². The van der Waals surface area contributed by atoms with E-state index in [1.54, 1.807) is 23.1 Å². The van der Waals surface area contributed by atoms with Gasteiger partial charge in [0.05, 0.1) is 0 Å². The molecule has 2 amide bonds. The Morgan fingerprint density at radius 2 is 1.77 bits per heavy atom. The summed E-state index contributed by atoms with van der Waals surface area (Å²) in [6, 6.07) is 15.3. The number of carboxylic acid groups (broad SMARTS) is 1. The highest BCUT2D eigenvalue weighted by atomic mass is 35.5. The highest BCUT2D eigenvalue weighted by molar-refractivity contribution is 6.01. The number of rotatable bonds is 7. The van der Waals surface area contributed by atoms with Crippen LogP contribution in [0.4, 0.5) is 10.1 Å². The Morgan fingerprint density at radius 3 is 2.44 bits per heavy atom. The van der Waals surface area contributed by atoms with E-state index < -0.39 is 24.7 Å². The number of amides is 2. The van der Waals surface area contributed by atoms with Gasteiger partial charge in [-0.1, -0.05) is 30.3 Å². The van der Waals surface area contributed by atoms with Gasteiger partial charge in [-0.3, -0.25) is 9.59 Å². The molecule has 1 aliphatic heterocycles. The van der Waals surface area contributed by atoms with Gasteiger partial charge in [0, 0.05) is 41.0 Å². The summed E-state index contributed by atoms with van der Waals surface area (Å²) < 4.78 is 13.0. The van der Waals surface area contributed by atoms with Crippen LogP contribution in [-0.4, -0.2) is 58.1 Å². The molecule has 3 aromatic rings. The zero-order chi connectivity index (χ0) is 26.8. The van der Waals surface area contributed by atoms with Gasteiger partial charge in [-0.05, 0) is 67.9 Å². The number of carbonyl (C=O) groups excluding carboxylic acids is 2. The molecule has 8 nitrogen and oxygen atoms in total. The third-order valence-corrected chi connectivity index (χ3v) is 8.20. The lowest BCUT2D eigenvalue weighted by Gasteiger charge is -2.35. The van der Waals surface area contributed by atoms with Crippen LogP contribution in [0.3, 0.4) is 0 Å². The molecule has 0 spiro atoms. The predicted octanol–water partition coefficient (Wildman–Crippen LogP) is 4.71. The van der Waals surface area contributed by atoms with Crippen molar-refractivity contribution in [3.8, 4) is 0 Å². The van der Waals surface area contributed by atoms with Crippen LogP contribution in [0, 0.1) is 11.8 Å². The maximum absolute atomic E-state index is 13.8. The van der Waals surface area contributed by atoms with Crippen molar-refractivity contribution >= 4 is 46.8 Å². The number of hydrogen-bond acceptors (Lipinski definition) is 4. The van der Waals surface area contributed by atoms with Gasteiger partial charge in [0.25, 0.3) is 0 Å². The van der Waals surface area contributed by atoms with Crippen LogP contribution in [0.15, 0.2) is 54.6 Å². The smallest absolute Gasteiger partial charge is 0.352 e. The zero-order valence-electron chi connectivity index (χ0n) is 21.5. The maximum atomic E-state index is 13.8. The van der Waals surface area contributed by atoms with Crippen molar-refractivity contribution in [3.63, 3.8) is 0 Å². The summed E-state index contributed by atoms with van der Waals surface area (Å²) in [5.41, 5.74) is 8.17. The third-order valence-electron chi connectivity index (χ3n) is 8.20. The molecule has 1 aromatic heterocycles. The molecule has 0 unspecified atom stereocenters. The number of hydrogen-bond donors (Lipinski definition) is 4. The van der Waals surface area contributed by atoms with Crippen molar-refractivity contribution in [1.82, 2.24) is 9.88 Å². The Kier molecular flexibility index (Phi) is 8.92. The van der Waals surface area contributed by atoms with E-state index >= 15 is 0 Å². The summed E-state index contributed by atoms with van der Waals surface area (Å²) in [5.74, 6) is -1.61. The Hall–Kier alpha value is -3.43. The van der Waals surface area contributed by atoms with Crippen molar-refractivity contribution in [3.05, 3.63) is 65.9 Å². The van der Waals surface area contributed by atoms with E-state index in [9.17, 15) is 23.9 Å². The van der Waals surface area contributed by atoms with Crippen LogP contribution in [-0.2, 0) is 9.59 Å². The average Bonchev–Trinajstić information content (AvgIpc) is 3.58. The van der Waals surface area contributed by atoms with Gasteiger partial charge in [0.15, 0.2) is 0 Å². The number of nitrogens with one attached hydrogen (secondary N) is 2. The summed E-state index contributed by atoms with van der Waals surface area (Å²) in [6.45, 7) is -0.0677. The van der Waals surface area contributed by atoms with Crippen LogP contribution in [0.1, 0.15) is 54.1 Å². The standard InChI is InChI=1S/C29H33FN4O4.ClH/c30-16-23(31)18-6-8-19(9-7-18)28(36)34-13-12-22(17-4-2-1-3-5-17)26(34)27(35)32-21-10-11-24-20(14-21)15-25(33-24)29(37)38;/h1-5,10-11,14-15,18-19,22-23,26,33H,6-9,12-13,16,31H2,(H,32,35)(H,37,38);1H/t18-,19-,22-,23-,26+;/m1./s1. The molecule has 2 aromatic carbocycles. The summed E-state index contributed by atoms with van der Waals surface area (Å²) in [4.78, 5) is 43.4. The number of carboxylic acids is 1. The minimum Gasteiger partial charge on any atom is -0.477 e. The Morgan fingerprint density at radius 1 is 1.05 bits per heavy atom. The molecule has 208 valence electrons. The molecule has 39 heavy (non-hydrogen) atoms. The molecule has 2 heterocycles. The van der Waals surface area contributed by atoms with Crippen LogP contribution >= 0.6 is 12.4 Å². The van der Waals surface area contributed by atoms with Crippen LogP contribution in [0.5, 0.6) is 0 Å². The average molecular weight is 557 g/mol. The first-order valence-electron chi connectivity index (χ1n) is 13.2. The van der Waals surface area contributed by atoms with E-state index in [0.29, 0.717) is 55.2 Å². The summed E-state index contributed by atoms with van der Waals surface area (Å²) in [6.07, 6.45) is 3.39. The number of benzene rings is 2. The normalized spacial score (nSPS) is 23.7. The number of fused-ring (bicyclic) bond motifs is 1. The highest BCUT2D eigenvalue weighted by Gasteiger charge is 2.44. The Bertz CT molecular complexity index is 1330. The minimum absolute atomic E-state index is 0. The molecular formula is C29H34ClFN4O4. The molecule has 3 atom stereocenters. The van der Waals surface area contributed by atoms with Crippen LogP contribution in [0.2, 0.25) is 0 Å². The molecule has 1 saturated carbocycles. The molecule has 0 radical (unpaired) electrons. The molecule has 10 heteroatoms. The first-order valence-corrected chi connectivity index (χ1v) is 13.2. The zero-order valence-corrected chi connectivity index (χ0v) is 22.3. The number of aromatic amines is 1. The number of carbonyl (C=O) groups is 3. The molecule has 1 aliphatic carbocycles. The third kappa shape index (κ3) is 5.94. The van der Waals surface area contributed by atoms with Gasteiger partial charge in [-0.25, -0.2) is 9.18 Å². The number of halogens is 2. The number of aromatic carboxylic acids is 1. The Labute approximate surface area is 232 Å². The maximum Gasteiger partial charge on any atom is 0.352 e. The molecule has 5 N–H and O–H groups in total. The lowest BCUT2D eigenvalue weighted by Crippen LogP contribution is -2.48. The molecule has 1 saturated heterocycles. The highest BCUT2D eigenvalue weighted by Crippen LogP contribution is 2.38. The van der Waals surface area contributed by atoms with Crippen molar-refractivity contribution in [1.29, 1.82) is 0 Å². The number of aromatic nitrogens is 1. The number of anilines is 1. The fourth-order valence-electron chi connectivity index (χ4n) is 6.11. The SMILES string of the molecule is Cl.N[C@H](CF)[C@H]1CC[C@H](C(=O)N2CC[C@H](c3ccccc3)[C@H]2C(=O)Nc2ccc3[nH]c(C(=O)O)cc3c2)CC1. The molecular weight excluding hydrogens is 523 g/mol. The van der Waals surface area contributed by atoms with Gasteiger partial charge >= 0.3 is 5.97 Å². The van der Waals surface area contributed by atoms with Gasteiger partial charge in [-0.15, -0.1) is 12.4 Å². The molecule has 5 rings (SSSR count). The van der Waals surface area contributed by atoms with Crippen molar-refractivity contribution in [2.24, 2.45) is 17.6 Å². The molecule has 2 fully saturated rings. The quantitative estimate of drug-likeness (QED) is 0.335. The van der Waals surface area contributed by atoms with Crippen molar-refractivity contribution in [2.75, 3.05) is 18.5 Å². The predicted molar refractivity (Wildman–Crippen MR) is 150 cm³/mol. The van der Waals surface area contributed by atoms with Crippen LogP contribution < -0.4 is 11.1 Å². The van der Waals surface area contributed by atoms with Gasteiger partial charge in [-0.2, -0.15) is 0 Å². The summed E-state index contributed by atoms with van der Waals surface area (Å²) in [7, 11) is 0. The van der Waals surface area contributed by atoms with Gasteiger partial charge in [0.1, 0.15) is 18.4 Å². The number of likely N-dealkylation sites (tertiary alicyclic amines) is 1. The largest absolute Gasteiger partial charge is 0.477 e. The van der Waals surface area contributed by atoms with E-state index in [1.807, 2.05) is 30.3 Å². The second-order valence-electron chi connectivity index (χ2n) is 10.5. The summed E-state index contributed by atoms with van der Waals surface area (Å²) >= 11 is 0. The van der Waals surface area contributed by atoms with Crippen molar-refractivity contribution in [2.45, 2.75) is 50.1 Å². The number of nitrogens with two attached hydrogens (primary N) is 1. The number of H-pyrrole nitrogens is 1. The fourth-order valence-corrected chi connectivity index (χ4v) is 6.11. The molecule has 2 aliphatic rings. The first kappa shape index (κ1) is 28.6. The van der Waals surface area contributed by atoms with Crippen LogP contribution in [0.25, 0.3) is 10.9 Å². The number of nitrogens with zero attached hydrogens (tertiary/aromatic N) is 1. The number of alkyl halides is 1. The second-order valence-corrected chi connectivity index (χ2v) is 10.5. The second kappa shape index (κ2) is 12.2. The lowest BCUT2D eigenvalue weighted by molar-refractivity contribution is -0.141. The van der Waals surface area contributed by atoms with Crippen molar-refractivity contribution < 1.29 is 23.9 Å². The first-order chi connectivity index (χ1) is 18.4.